The molecule has 1 fully saturated rings. The van der Waals surface area contributed by atoms with E-state index in [1.54, 1.807) is 6.92 Å². The Bertz CT molecular complexity index is 817. The summed E-state index contributed by atoms with van der Waals surface area (Å²) in [7, 11) is 0. The van der Waals surface area contributed by atoms with Gasteiger partial charge < -0.3 is 9.64 Å². The van der Waals surface area contributed by atoms with E-state index in [2.05, 4.69) is 15.8 Å². The number of thiazole rings is 1. The molecule has 0 unspecified atom stereocenters. The smallest absolute Gasteiger partial charge is 0.281 e. The summed E-state index contributed by atoms with van der Waals surface area (Å²) in [6.07, 6.45) is 0. The number of aryl methyl sites for hydroxylation is 1. The zero-order valence-electron chi connectivity index (χ0n) is 13.8. The van der Waals surface area contributed by atoms with E-state index in [1.165, 1.54) is 11.3 Å². The Morgan fingerprint density at radius 2 is 1.73 bits per heavy atom. The zero-order chi connectivity index (χ0) is 18.7. The molecular weight excluding hydrogens is 366 g/mol. The fraction of sp³-hybridized carbons (Fsp3) is 0.312. The van der Waals surface area contributed by atoms with Crippen molar-refractivity contribution in [2.24, 2.45) is 0 Å². The molecule has 0 bridgehead atoms. The molecule has 1 aliphatic heterocycles. The van der Waals surface area contributed by atoms with Crippen molar-refractivity contribution in [2.75, 3.05) is 31.2 Å². The van der Waals surface area contributed by atoms with E-state index < -0.39 is 23.4 Å². The lowest BCUT2D eigenvalue weighted by atomic mass is 10.2. The first-order valence-corrected chi connectivity index (χ1v) is 8.62. The van der Waals surface area contributed by atoms with Crippen molar-refractivity contribution in [2.45, 2.75) is 6.92 Å². The molecule has 2 amide bonds. The summed E-state index contributed by atoms with van der Waals surface area (Å²) in [5.74, 6) is -3.14. The van der Waals surface area contributed by atoms with Crippen molar-refractivity contribution in [1.82, 2.24) is 15.8 Å². The van der Waals surface area contributed by atoms with Crippen LogP contribution in [0.1, 0.15) is 25.7 Å². The third-order valence-corrected chi connectivity index (χ3v) is 4.90. The summed E-state index contributed by atoms with van der Waals surface area (Å²) < 4.78 is 31.6. The Balaban J connectivity index is 1.64. The highest BCUT2D eigenvalue weighted by Crippen LogP contribution is 2.26. The third kappa shape index (κ3) is 4.14. The Morgan fingerprint density at radius 1 is 1.12 bits per heavy atom. The number of benzene rings is 1. The SMILES string of the molecule is Cc1nc(N2CCOCC2)sc1C(=O)NNC(=O)c1cc(F)cc(F)c1. The monoisotopic (exact) mass is 382 g/mol. The zero-order valence-corrected chi connectivity index (χ0v) is 14.7. The van der Waals surface area contributed by atoms with E-state index in [0.29, 0.717) is 48.1 Å². The molecule has 7 nitrogen and oxygen atoms in total. The van der Waals surface area contributed by atoms with Crippen molar-refractivity contribution in [3.05, 3.63) is 46.0 Å². The van der Waals surface area contributed by atoms with Crippen LogP contribution in [0.25, 0.3) is 0 Å². The van der Waals surface area contributed by atoms with Gasteiger partial charge in [0.15, 0.2) is 5.13 Å². The highest BCUT2D eigenvalue weighted by molar-refractivity contribution is 7.17. The number of morpholine rings is 1. The molecular formula is C16H16F2N4O3S. The number of halogens is 2. The van der Waals surface area contributed by atoms with Crippen LogP contribution in [0.15, 0.2) is 18.2 Å². The van der Waals surface area contributed by atoms with Crippen LogP contribution in [0.3, 0.4) is 0 Å². The molecule has 3 rings (SSSR count). The molecule has 1 aromatic heterocycles. The van der Waals surface area contributed by atoms with Gasteiger partial charge in [0.1, 0.15) is 16.5 Å². The first-order valence-electron chi connectivity index (χ1n) is 7.81. The van der Waals surface area contributed by atoms with Gasteiger partial charge in [0.05, 0.1) is 18.9 Å². The van der Waals surface area contributed by atoms with Gasteiger partial charge in [0.2, 0.25) is 0 Å². The number of anilines is 1. The fourth-order valence-electron chi connectivity index (χ4n) is 2.41. The van der Waals surface area contributed by atoms with Crippen LogP contribution >= 0.6 is 11.3 Å². The number of carbonyl (C=O) groups is 2. The Labute approximate surface area is 151 Å². The minimum absolute atomic E-state index is 0.238. The summed E-state index contributed by atoms with van der Waals surface area (Å²) in [5.41, 5.74) is 4.67. The van der Waals surface area contributed by atoms with Crippen LogP contribution in [0.5, 0.6) is 0 Å². The second-order valence-corrected chi connectivity index (χ2v) is 6.55. The maximum absolute atomic E-state index is 13.2. The first kappa shape index (κ1) is 18.2. The summed E-state index contributed by atoms with van der Waals surface area (Å²) in [5, 5.41) is 0.703. The average Bonchev–Trinajstić information content (AvgIpc) is 3.01. The normalized spacial score (nSPS) is 14.2. The van der Waals surface area contributed by atoms with E-state index >= 15 is 0 Å². The molecule has 0 saturated carbocycles. The minimum atomic E-state index is -0.880. The van der Waals surface area contributed by atoms with Crippen LogP contribution in [0, 0.1) is 18.6 Å². The molecule has 2 heterocycles. The number of aromatic nitrogens is 1. The van der Waals surface area contributed by atoms with Gasteiger partial charge in [0.25, 0.3) is 11.8 Å². The molecule has 2 aromatic rings. The van der Waals surface area contributed by atoms with Crippen molar-refractivity contribution in [3.8, 4) is 0 Å². The molecule has 26 heavy (non-hydrogen) atoms. The predicted octanol–water partition coefficient (Wildman–Crippen LogP) is 1.64. The van der Waals surface area contributed by atoms with Crippen molar-refractivity contribution >= 4 is 28.3 Å². The maximum atomic E-state index is 13.2. The highest BCUT2D eigenvalue weighted by atomic mass is 32.1. The lowest BCUT2D eigenvalue weighted by Gasteiger charge is -2.25. The summed E-state index contributed by atoms with van der Waals surface area (Å²) in [4.78, 5) is 31.0. The van der Waals surface area contributed by atoms with E-state index in [4.69, 9.17) is 4.74 Å². The Hall–Kier alpha value is -2.59. The van der Waals surface area contributed by atoms with Crippen molar-refractivity contribution in [3.63, 3.8) is 0 Å². The molecule has 0 aliphatic carbocycles. The summed E-state index contributed by atoms with van der Waals surface area (Å²) >= 11 is 1.20. The molecule has 138 valence electrons. The number of hydrogen-bond donors (Lipinski definition) is 2. The highest BCUT2D eigenvalue weighted by Gasteiger charge is 2.21. The van der Waals surface area contributed by atoms with Gasteiger partial charge in [-0.3, -0.25) is 20.4 Å². The van der Waals surface area contributed by atoms with E-state index in [1.807, 2.05) is 4.90 Å². The molecule has 0 spiro atoms. The minimum Gasteiger partial charge on any atom is -0.378 e. The molecule has 0 radical (unpaired) electrons. The van der Waals surface area contributed by atoms with Gasteiger partial charge in [0, 0.05) is 24.7 Å². The number of amides is 2. The standard InChI is InChI=1S/C16H16F2N4O3S/c1-9-13(26-16(19-9)22-2-4-25-5-3-22)15(24)21-20-14(23)10-6-11(17)8-12(18)7-10/h6-8H,2-5H2,1H3,(H,20,23)(H,21,24). The molecule has 0 atom stereocenters. The maximum Gasteiger partial charge on any atom is 0.281 e. The van der Waals surface area contributed by atoms with Crippen LogP contribution in [0.2, 0.25) is 0 Å². The summed E-state index contributed by atoms with van der Waals surface area (Å²) in [6.45, 7) is 4.27. The molecule has 1 saturated heterocycles. The largest absolute Gasteiger partial charge is 0.378 e. The quantitative estimate of drug-likeness (QED) is 0.789. The van der Waals surface area contributed by atoms with E-state index in [0.717, 1.165) is 12.1 Å². The van der Waals surface area contributed by atoms with Gasteiger partial charge in [-0.1, -0.05) is 11.3 Å². The molecule has 2 N–H and O–H groups in total. The van der Waals surface area contributed by atoms with Gasteiger partial charge in [-0.25, -0.2) is 13.8 Å². The van der Waals surface area contributed by atoms with Gasteiger partial charge in [-0.05, 0) is 19.1 Å². The third-order valence-electron chi connectivity index (χ3n) is 3.69. The lowest BCUT2D eigenvalue weighted by Crippen LogP contribution is -2.41. The molecule has 10 heteroatoms. The number of nitrogens with one attached hydrogen (secondary N) is 2. The van der Waals surface area contributed by atoms with Crippen molar-refractivity contribution in [1.29, 1.82) is 0 Å². The second-order valence-electron chi connectivity index (χ2n) is 5.58. The summed E-state index contributed by atoms with van der Waals surface area (Å²) in [6, 6.07) is 2.40. The Kier molecular flexibility index (Phi) is 5.43. The van der Waals surface area contributed by atoms with E-state index in [-0.39, 0.29) is 5.56 Å². The van der Waals surface area contributed by atoms with Gasteiger partial charge in [-0.15, -0.1) is 0 Å². The average molecular weight is 382 g/mol. The van der Waals surface area contributed by atoms with Gasteiger partial charge >= 0.3 is 0 Å². The second kappa shape index (κ2) is 7.75. The number of carbonyl (C=O) groups excluding carboxylic acids is 2. The molecule has 1 aromatic carbocycles. The number of nitrogens with zero attached hydrogens (tertiary/aromatic N) is 2. The van der Waals surface area contributed by atoms with E-state index in [9.17, 15) is 18.4 Å². The van der Waals surface area contributed by atoms with Crippen LogP contribution < -0.4 is 15.8 Å². The predicted molar refractivity (Wildman–Crippen MR) is 91.2 cm³/mol. The lowest BCUT2D eigenvalue weighted by molar-refractivity contribution is 0.0848. The van der Waals surface area contributed by atoms with Crippen LogP contribution in [-0.2, 0) is 4.74 Å². The number of hydrazine groups is 1. The number of ether oxygens (including phenoxy) is 1. The fourth-order valence-corrected chi connectivity index (χ4v) is 3.42. The molecule has 1 aliphatic rings. The van der Waals surface area contributed by atoms with Crippen molar-refractivity contribution < 1.29 is 23.1 Å². The topological polar surface area (TPSA) is 83.6 Å². The Morgan fingerprint density at radius 3 is 2.38 bits per heavy atom. The number of rotatable bonds is 3. The number of hydrogen-bond acceptors (Lipinski definition) is 6. The first-order chi connectivity index (χ1) is 12.4. The van der Waals surface area contributed by atoms with Crippen LogP contribution in [-0.4, -0.2) is 43.1 Å². The van der Waals surface area contributed by atoms with Gasteiger partial charge in [-0.2, -0.15) is 0 Å². The van der Waals surface area contributed by atoms with Crippen LogP contribution in [0.4, 0.5) is 13.9 Å².